The van der Waals surface area contributed by atoms with E-state index < -0.39 is 0 Å². The number of ether oxygens (including phenoxy) is 3. The Balaban J connectivity index is 0.963. The number of hydrogen-bond acceptors (Lipinski definition) is 11. The quantitative estimate of drug-likeness (QED) is 0.107. The van der Waals surface area contributed by atoms with Gasteiger partial charge < -0.3 is 24.8 Å². The lowest BCUT2D eigenvalue weighted by Gasteiger charge is -2.10. The fourth-order valence-electron chi connectivity index (χ4n) is 4.43. The number of nitrogens with one attached hydrogen (secondary N) is 2. The van der Waals surface area contributed by atoms with Gasteiger partial charge in [-0.3, -0.25) is 9.59 Å². The minimum absolute atomic E-state index is 0.126. The van der Waals surface area contributed by atoms with Crippen molar-refractivity contribution in [1.29, 1.82) is 0 Å². The van der Waals surface area contributed by atoms with Crippen LogP contribution in [0.15, 0.2) is 93.6 Å². The van der Waals surface area contributed by atoms with E-state index in [1.165, 1.54) is 34.9 Å². The summed E-state index contributed by atoms with van der Waals surface area (Å²) in [5.74, 6) is 3.00. The average Bonchev–Trinajstić information content (AvgIpc) is 3.67. The van der Waals surface area contributed by atoms with Crippen molar-refractivity contribution in [3.8, 4) is 23.0 Å². The van der Waals surface area contributed by atoms with Crippen molar-refractivity contribution < 1.29 is 23.8 Å². The molecule has 0 atom stereocenters. The van der Waals surface area contributed by atoms with E-state index in [1.807, 2.05) is 68.4 Å². The molecule has 0 spiro atoms. The Labute approximate surface area is 288 Å². The van der Waals surface area contributed by atoms with Gasteiger partial charge in [0.2, 0.25) is 11.8 Å². The summed E-state index contributed by atoms with van der Waals surface area (Å²) in [6.07, 6.45) is 0. The van der Waals surface area contributed by atoms with Crippen molar-refractivity contribution >= 4 is 89.8 Å². The van der Waals surface area contributed by atoms with E-state index in [0.717, 1.165) is 40.6 Å². The number of fused-ring (bicyclic) bond motifs is 2. The maximum absolute atomic E-state index is 12.7. The van der Waals surface area contributed by atoms with Crippen molar-refractivity contribution in [3.05, 3.63) is 84.9 Å². The van der Waals surface area contributed by atoms with E-state index in [0.29, 0.717) is 36.1 Å². The SMILES string of the molecule is CCOc1ccc2nc(SCC(=O)Nc3ccc(Oc4cccc(NC(=O)CSc5nc6ccc(OCC)cc6s5)c4)cc3)sc2c1. The van der Waals surface area contributed by atoms with Gasteiger partial charge in [-0.15, -0.1) is 22.7 Å². The highest BCUT2D eigenvalue weighted by atomic mass is 32.2. The van der Waals surface area contributed by atoms with Crippen LogP contribution in [-0.2, 0) is 9.59 Å². The van der Waals surface area contributed by atoms with E-state index in [1.54, 1.807) is 41.7 Å². The second-order valence-corrected chi connectivity index (χ2v) is 14.4. The third kappa shape index (κ3) is 8.95. The summed E-state index contributed by atoms with van der Waals surface area (Å²) in [6, 6.07) is 26.0. The van der Waals surface area contributed by atoms with Crippen molar-refractivity contribution in [2.24, 2.45) is 0 Å². The number of benzene rings is 4. The van der Waals surface area contributed by atoms with Gasteiger partial charge in [-0.1, -0.05) is 29.6 Å². The molecular weight excluding hydrogens is 673 g/mol. The van der Waals surface area contributed by atoms with Crippen LogP contribution in [0.5, 0.6) is 23.0 Å². The molecule has 9 nitrogen and oxygen atoms in total. The third-order valence-corrected chi connectivity index (χ3v) is 10.8. The summed E-state index contributed by atoms with van der Waals surface area (Å²) < 4.78 is 20.8. The summed E-state index contributed by atoms with van der Waals surface area (Å²) >= 11 is 5.87. The summed E-state index contributed by atoms with van der Waals surface area (Å²) in [6.45, 7) is 5.11. The molecule has 240 valence electrons. The second kappa shape index (κ2) is 15.5. The molecule has 6 aromatic rings. The van der Waals surface area contributed by atoms with Crippen molar-refractivity contribution in [2.45, 2.75) is 22.5 Å². The lowest BCUT2D eigenvalue weighted by Crippen LogP contribution is -2.14. The molecule has 2 amide bonds. The Kier molecular flexibility index (Phi) is 10.8. The number of anilines is 2. The van der Waals surface area contributed by atoms with Crippen molar-refractivity contribution in [3.63, 3.8) is 0 Å². The minimum atomic E-state index is -0.140. The molecule has 2 aromatic heterocycles. The number of rotatable bonds is 14. The second-order valence-electron chi connectivity index (χ2n) is 9.91. The van der Waals surface area contributed by atoms with Crippen molar-refractivity contribution in [2.75, 3.05) is 35.4 Å². The van der Waals surface area contributed by atoms with Gasteiger partial charge in [-0.2, -0.15) is 0 Å². The largest absolute Gasteiger partial charge is 0.494 e. The predicted octanol–water partition coefficient (Wildman–Crippen LogP) is 8.96. The van der Waals surface area contributed by atoms with Crippen LogP contribution in [0.4, 0.5) is 11.4 Å². The molecule has 0 bridgehead atoms. The number of hydrogen-bond donors (Lipinski definition) is 2. The van der Waals surface area contributed by atoms with Crippen LogP contribution in [0.3, 0.4) is 0 Å². The van der Waals surface area contributed by atoms with Crippen LogP contribution >= 0.6 is 46.2 Å². The Bertz CT molecular complexity index is 2010. The van der Waals surface area contributed by atoms with Gasteiger partial charge in [-0.05, 0) is 86.6 Å². The molecule has 0 unspecified atom stereocenters. The molecule has 0 saturated carbocycles. The van der Waals surface area contributed by atoms with E-state index in [-0.39, 0.29) is 23.3 Å². The number of nitrogens with zero attached hydrogens (tertiary/aromatic N) is 2. The van der Waals surface area contributed by atoms with Gasteiger partial charge in [-0.25, -0.2) is 9.97 Å². The van der Waals surface area contributed by atoms with Crippen molar-refractivity contribution in [1.82, 2.24) is 9.97 Å². The maximum Gasteiger partial charge on any atom is 0.234 e. The fraction of sp³-hybridized carbons (Fsp3) is 0.176. The molecule has 2 heterocycles. The van der Waals surface area contributed by atoms with Gasteiger partial charge in [0.1, 0.15) is 23.0 Å². The standard InChI is InChI=1S/C34H30N4O5S4/c1-3-41-24-12-14-27-29(17-24)46-33(37-27)44-19-31(39)35-21-8-10-23(11-9-21)43-26-7-5-6-22(16-26)36-32(40)20-45-34-38-28-15-13-25(42-4-2)18-30(28)47-34/h5-18H,3-4,19-20H2,1-2H3,(H,35,39)(H,36,40). The molecule has 2 N–H and O–H groups in total. The number of aromatic nitrogens is 2. The summed E-state index contributed by atoms with van der Waals surface area (Å²) in [5, 5.41) is 5.84. The Morgan fingerprint density at radius 2 is 1.17 bits per heavy atom. The normalized spacial score (nSPS) is 11.0. The lowest BCUT2D eigenvalue weighted by atomic mass is 10.2. The molecule has 0 fully saturated rings. The third-order valence-electron chi connectivity index (χ3n) is 6.45. The average molecular weight is 703 g/mol. The fourth-order valence-corrected chi connectivity index (χ4v) is 8.23. The van der Waals surface area contributed by atoms with Gasteiger partial charge in [0, 0.05) is 17.4 Å². The lowest BCUT2D eigenvalue weighted by molar-refractivity contribution is -0.114. The Morgan fingerprint density at radius 3 is 1.72 bits per heavy atom. The first-order valence-corrected chi connectivity index (χ1v) is 18.3. The number of amides is 2. The molecule has 47 heavy (non-hydrogen) atoms. The number of carbonyl (C=O) groups excluding carboxylic acids is 2. The predicted molar refractivity (Wildman–Crippen MR) is 193 cm³/mol. The number of carbonyl (C=O) groups is 2. The van der Waals surface area contributed by atoms with E-state index in [4.69, 9.17) is 14.2 Å². The van der Waals surface area contributed by atoms with Crippen LogP contribution in [0.2, 0.25) is 0 Å². The van der Waals surface area contributed by atoms with Gasteiger partial charge in [0.05, 0.1) is 45.2 Å². The molecular formula is C34H30N4O5S4. The maximum atomic E-state index is 12.7. The van der Waals surface area contributed by atoms with Gasteiger partial charge in [0.15, 0.2) is 8.68 Å². The smallest absolute Gasteiger partial charge is 0.234 e. The van der Waals surface area contributed by atoms with Crippen LogP contribution in [0.1, 0.15) is 13.8 Å². The topological polar surface area (TPSA) is 112 Å². The zero-order chi connectivity index (χ0) is 32.6. The highest BCUT2D eigenvalue weighted by Crippen LogP contribution is 2.33. The highest BCUT2D eigenvalue weighted by Gasteiger charge is 2.12. The van der Waals surface area contributed by atoms with Gasteiger partial charge in [0.25, 0.3) is 0 Å². The molecule has 0 radical (unpaired) electrons. The van der Waals surface area contributed by atoms with E-state index in [2.05, 4.69) is 20.6 Å². The first-order chi connectivity index (χ1) is 22.9. The highest BCUT2D eigenvalue weighted by molar-refractivity contribution is 8.02. The van der Waals surface area contributed by atoms with Crippen LogP contribution in [-0.4, -0.2) is 46.5 Å². The number of thiazole rings is 2. The zero-order valence-electron chi connectivity index (χ0n) is 25.5. The number of thioether (sulfide) groups is 2. The molecule has 0 aliphatic carbocycles. The zero-order valence-corrected chi connectivity index (χ0v) is 28.7. The van der Waals surface area contributed by atoms with E-state index in [9.17, 15) is 9.59 Å². The molecule has 6 rings (SSSR count). The van der Waals surface area contributed by atoms with E-state index >= 15 is 0 Å². The summed E-state index contributed by atoms with van der Waals surface area (Å²) in [4.78, 5) is 34.5. The van der Waals surface area contributed by atoms with Crippen LogP contribution in [0.25, 0.3) is 20.4 Å². The molecule has 0 aliphatic heterocycles. The Hall–Kier alpha value is -4.30. The molecule has 13 heteroatoms. The Morgan fingerprint density at radius 1 is 0.638 bits per heavy atom. The molecule has 4 aromatic carbocycles. The first kappa shape index (κ1) is 32.6. The summed E-state index contributed by atoms with van der Waals surface area (Å²) in [7, 11) is 0. The first-order valence-electron chi connectivity index (χ1n) is 14.7. The van der Waals surface area contributed by atoms with Crippen LogP contribution in [0, 0.1) is 0 Å². The monoisotopic (exact) mass is 702 g/mol. The minimum Gasteiger partial charge on any atom is -0.494 e. The molecule has 0 aliphatic rings. The molecule has 0 saturated heterocycles. The van der Waals surface area contributed by atoms with Crippen LogP contribution < -0.4 is 24.8 Å². The summed E-state index contributed by atoms with van der Waals surface area (Å²) in [5.41, 5.74) is 3.07. The van der Waals surface area contributed by atoms with Gasteiger partial charge >= 0.3 is 0 Å².